The second-order valence-electron chi connectivity index (χ2n) is 4.89. The highest BCUT2D eigenvalue weighted by Gasteiger charge is 2.28. The summed E-state index contributed by atoms with van der Waals surface area (Å²) in [6.45, 7) is 4.85. The molecule has 2 rings (SSSR count). The van der Waals surface area contributed by atoms with Crippen molar-refractivity contribution in [1.82, 2.24) is 9.97 Å². The third-order valence-electron chi connectivity index (χ3n) is 2.62. The maximum Gasteiger partial charge on any atom is 0.280 e. The van der Waals surface area contributed by atoms with Crippen molar-refractivity contribution >= 4 is 5.82 Å². The average Bonchev–Trinajstić information content (AvgIpc) is 3.09. The molecule has 0 saturated heterocycles. The normalized spacial score (nSPS) is 15.6. The number of rotatable bonds is 5. The van der Waals surface area contributed by atoms with E-state index in [2.05, 4.69) is 29.1 Å². The van der Waals surface area contributed by atoms with Gasteiger partial charge in [0.25, 0.3) is 6.43 Å². The van der Waals surface area contributed by atoms with Crippen LogP contribution in [0.4, 0.5) is 14.6 Å². The van der Waals surface area contributed by atoms with Crippen LogP contribution in [0.5, 0.6) is 0 Å². The Balaban J connectivity index is 2.18. The Morgan fingerprint density at radius 1 is 1.35 bits per heavy atom. The molecule has 1 heterocycles. The first-order chi connectivity index (χ1) is 8.06. The van der Waals surface area contributed by atoms with Gasteiger partial charge in [-0.3, -0.25) is 0 Å². The SMILES string of the molecule is CC(C)CNc1cc(C(F)F)nc(C2CC2)n1. The summed E-state index contributed by atoms with van der Waals surface area (Å²) < 4.78 is 25.4. The van der Waals surface area contributed by atoms with Crippen molar-refractivity contribution in [3.8, 4) is 0 Å². The van der Waals surface area contributed by atoms with Crippen molar-refractivity contribution in [2.75, 3.05) is 11.9 Å². The van der Waals surface area contributed by atoms with Crippen LogP contribution in [0.3, 0.4) is 0 Å². The molecule has 1 N–H and O–H groups in total. The number of hydrogen-bond donors (Lipinski definition) is 1. The fourth-order valence-electron chi connectivity index (χ4n) is 1.52. The van der Waals surface area contributed by atoms with E-state index in [0.29, 0.717) is 17.6 Å². The van der Waals surface area contributed by atoms with Gasteiger partial charge in [0.2, 0.25) is 0 Å². The number of aromatic nitrogens is 2. The van der Waals surface area contributed by atoms with Crippen LogP contribution >= 0.6 is 0 Å². The summed E-state index contributed by atoms with van der Waals surface area (Å²) in [6.07, 6.45) is -0.512. The highest BCUT2D eigenvalue weighted by Crippen LogP contribution is 2.39. The summed E-state index contributed by atoms with van der Waals surface area (Å²) >= 11 is 0. The molecule has 1 aromatic heterocycles. The van der Waals surface area contributed by atoms with Crippen molar-refractivity contribution in [3.05, 3.63) is 17.6 Å². The van der Waals surface area contributed by atoms with Crippen molar-refractivity contribution in [3.63, 3.8) is 0 Å². The lowest BCUT2D eigenvalue weighted by molar-refractivity contribution is 0.145. The van der Waals surface area contributed by atoms with E-state index in [1.165, 1.54) is 6.07 Å². The third-order valence-corrected chi connectivity index (χ3v) is 2.62. The number of anilines is 1. The minimum atomic E-state index is -2.53. The van der Waals surface area contributed by atoms with Crippen LogP contribution in [-0.4, -0.2) is 16.5 Å². The van der Waals surface area contributed by atoms with Crippen LogP contribution in [-0.2, 0) is 0 Å². The minimum Gasteiger partial charge on any atom is -0.370 e. The van der Waals surface area contributed by atoms with Gasteiger partial charge in [0.05, 0.1) is 0 Å². The molecule has 5 heteroatoms. The predicted molar refractivity (Wildman–Crippen MR) is 62.3 cm³/mol. The van der Waals surface area contributed by atoms with E-state index >= 15 is 0 Å². The minimum absolute atomic E-state index is 0.173. The van der Waals surface area contributed by atoms with Gasteiger partial charge in [0.15, 0.2) is 0 Å². The Kier molecular flexibility index (Phi) is 3.54. The topological polar surface area (TPSA) is 37.8 Å². The molecule has 0 unspecified atom stereocenters. The molecule has 94 valence electrons. The molecular formula is C12H17F2N3. The second-order valence-corrected chi connectivity index (χ2v) is 4.89. The van der Waals surface area contributed by atoms with Crippen LogP contribution in [0.1, 0.15) is 50.6 Å². The van der Waals surface area contributed by atoms with Gasteiger partial charge in [0, 0.05) is 18.5 Å². The summed E-state index contributed by atoms with van der Waals surface area (Å²) in [5, 5.41) is 3.08. The molecule has 0 aliphatic heterocycles. The quantitative estimate of drug-likeness (QED) is 0.859. The second kappa shape index (κ2) is 4.94. The lowest BCUT2D eigenvalue weighted by atomic mass is 10.2. The van der Waals surface area contributed by atoms with E-state index in [1.54, 1.807) is 0 Å². The maximum atomic E-state index is 12.7. The molecule has 0 radical (unpaired) electrons. The zero-order chi connectivity index (χ0) is 12.4. The molecule has 17 heavy (non-hydrogen) atoms. The summed E-state index contributed by atoms with van der Waals surface area (Å²) in [5.74, 6) is 1.82. The smallest absolute Gasteiger partial charge is 0.280 e. The number of alkyl halides is 2. The average molecular weight is 241 g/mol. The first-order valence-electron chi connectivity index (χ1n) is 5.97. The zero-order valence-corrected chi connectivity index (χ0v) is 10.1. The number of nitrogens with zero attached hydrogens (tertiary/aromatic N) is 2. The fraction of sp³-hybridized carbons (Fsp3) is 0.667. The van der Waals surface area contributed by atoms with Crippen LogP contribution in [0.2, 0.25) is 0 Å². The monoisotopic (exact) mass is 241 g/mol. The Morgan fingerprint density at radius 2 is 2.06 bits per heavy atom. The molecule has 1 fully saturated rings. The largest absolute Gasteiger partial charge is 0.370 e. The molecule has 1 aliphatic carbocycles. The highest BCUT2D eigenvalue weighted by atomic mass is 19.3. The number of nitrogens with one attached hydrogen (secondary N) is 1. The lowest BCUT2D eigenvalue weighted by Crippen LogP contribution is -2.11. The van der Waals surface area contributed by atoms with E-state index in [0.717, 1.165) is 19.4 Å². The van der Waals surface area contributed by atoms with E-state index in [4.69, 9.17) is 0 Å². The van der Waals surface area contributed by atoms with Gasteiger partial charge in [-0.15, -0.1) is 0 Å². The third kappa shape index (κ3) is 3.35. The maximum absolute atomic E-state index is 12.7. The Morgan fingerprint density at radius 3 is 2.59 bits per heavy atom. The van der Waals surface area contributed by atoms with Gasteiger partial charge in [-0.05, 0) is 18.8 Å². The first kappa shape index (κ1) is 12.2. The van der Waals surface area contributed by atoms with E-state index in [9.17, 15) is 8.78 Å². The van der Waals surface area contributed by atoms with E-state index < -0.39 is 6.43 Å². The fourth-order valence-corrected chi connectivity index (χ4v) is 1.52. The van der Waals surface area contributed by atoms with E-state index in [-0.39, 0.29) is 11.6 Å². The summed E-state index contributed by atoms with van der Waals surface area (Å²) in [7, 11) is 0. The van der Waals surface area contributed by atoms with Crippen LogP contribution in [0, 0.1) is 5.92 Å². The number of halogens is 2. The summed E-state index contributed by atoms with van der Waals surface area (Å²) in [5.41, 5.74) is -0.173. The molecule has 0 spiro atoms. The molecule has 0 amide bonds. The summed E-state index contributed by atoms with van der Waals surface area (Å²) in [6, 6.07) is 1.35. The molecule has 0 bridgehead atoms. The highest BCUT2D eigenvalue weighted by molar-refractivity contribution is 5.37. The first-order valence-corrected chi connectivity index (χ1v) is 5.97. The molecule has 0 aromatic carbocycles. The molecule has 1 aromatic rings. The lowest BCUT2D eigenvalue weighted by Gasteiger charge is -2.11. The molecule has 0 atom stereocenters. The van der Waals surface area contributed by atoms with Crippen molar-refractivity contribution in [1.29, 1.82) is 0 Å². The molecule has 1 saturated carbocycles. The van der Waals surface area contributed by atoms with Gasteiger partial charge in [-0.25, -0.2) is 18.7 Å². The van der Waals surface area contributed by atoms with Gasteiger partial charge in [-0.2, -0.15) is 0 Å². The molecular weight excluding hydrogens is 224 g/mol. The number of hydrogen-bond acceptors (Lipinski definition) is 3. The van der Waals surface area contributed by atoms with Crippen molar-refractivity contribution in [2.45, 2.75) is 39.0 Å². The Bertz CT molecular complexity index is 369. The van der Waals surface area contributed by atoms with Crippen molar-refractivity contribution in [2.24, 2.45) is 5.92 Å². The zero-order valence-electron chi connectivity index (χ0n) is 10.1. The Labute approximate surface area is 99.7 Å². The van der Waals surface area contributed by atoms with E-state index in [1.807, 2.05) is 0 Å². The Hall–Kier alpha value is -1.26. The van der Waals surface area contributed by atoms with Gasteiger partial charge >= 0.3 is 0 Å². The van der Waals surface area contributed by atoms with Gasteiger partial charge in [-0.1, -0.05) is 13.8 Å². The predicted octanol–water partition coefficient (Wildman–Crippen LogP) is 3.36. The van der Waals surface area contributed by atoms with Crippen molar-refractivity contribution < 1.29 is 8.78 Å². The van der Waals surface area contributed by atoms with Gasteiger partial charge < -0.3 is 5.32 Å². The van der Waals surface area contributed by atoms with Crippen LogP contribution in [0.15, 0.2) is 6.07 Å². The summed E-state index contributed by atoms with van der Waals surface area (Å²) in [4.78, 5) is 8.22. The molecule has 1 aliphatic rings. The standard InChI is InChI=1S/C12H17F2N3/c1-7(2)6-15-10-5-9(11(13)14)16-12(17-10)8-3-4-8/h5,7-8,11H,3-4,6H2,1-2H3,(H,15,16,17). The van der Waals surface area contributed by atoms with Gasteiger partial charge in [0.1, 0.15) is 17.3 Å². The van der Waals surface area contributed by atoms with Crippen LogP contribution < -0.4 is 5.32 Å². The molecule has 3 nitrogen and oxygen atoms in total. The van der Waals surface area contributed by atoms with Crippen LogP contribution in [0.25, 0.3) is 0 Å².